The van der Waals surface area contributed by atoms with E-state index in [0.29, 0.717) is 18.1 Å². The summed E-state index contributed by atoms with van der Waals surface area (Å²) in [6.07, 6.45) is 0.288. The minimum atomic E-state index is -4.45. The van der Waals surface area contributed by atoms with Crippen LogP contribution in [0.5, 0.6) is 5.75 Å². The van der Waals surface area contributed by atoms with Crippen LogP contribution in [0.3, 0.4) is 0 Å². The highest BCUT2D eigenvalue weighted by Gasteiger charge is 2.30. The lowest BCUT2D eigenvalue weighted by molar-refractivity contribution is -0.153. The van der Waals surface area contributed by atoms with Gasteiger partial charge < -0.3 is 14.5 Å². The maximum atomic E-state index is 12.7. The van der Waals surface area contributed by atoms with Crippen molar-refractivity contribution in [3.05, 3.63) is 47.8 Å². The number of nitrogens with zero attached hydrogens (tertiary/aromatic N) is 5. The van der Waals surface area contributed by atoms with Gasteiger partial charge in [-0.05, 0) is 42.7 Å². The first kappa shape index (κ1) is 24.4. The van der Waals surface area contributed by atoms with Crippen molar-refractivity contribution >= 4 is 17.7 Å². The van der Waals surface area contributed by atoms with Crippen LogP contribution in [-0.4, -0.2) is 60.2 Å². The van der Waals surface area contributed by atoms with E-state index in [2.05, 4.69) is 16.0 Å². The van der Waals surface area contributed by atoms with Gasteiger partial charge in [0.15, 0.2) is 0 Å². The molecule has 0 unspecified atom stereocenters. The summed E-state index contributed by atoms with van der Waals surface area (Å²) in [5, 5.41) is 8.85. The van der Waals surface area contributed by atoms with E-state index in [9.17, 15) is 18.0 Å². The average Bonchev–Trinajstić information content (AvgIpc) is 3.22. The number of rotatable bonds is 9. The molecule has 0 bridgehead atoms. The predicted molar refractivity (Wildman–Crippen MR) is 125 cm³/mol. The van der Waals surface area contributed by atoms with Crippen molar-refractivity contribution < 1.29 is 22.7 Å². The predicted octanol–water partition coefficient (Wildman–Crippen LogP) is 4.23. The monoisotopic (exact) mass is 485 g/mol. The second-order valence-electron chi connectivity index (χ2n) is 8.79. The van der Waals surface area contributed by atoms with E-state index in [-0.39, 0.29) is 19.4 Å². The van der Waals surface area contributed by atoms with Crippen molar-refractivity contribution in [1.82, 2.24) is 14.3 Å². The Bertz CT molecular complexity index is 1260. The van der Waals surface area contributed by atoms with E-state index in [0.717, 1.165) is 51.7 Å². The Morgan fingerprint density at radius 1 is 1.31 bits per heavy atom. The fourth-order valence-corrected chi connectivity index (χ4v) is 4.45. The largest absolute Gasteiger partial charge is 0.496 e. The van der Waals surface area contributed by atoms with Gasteiger partial charge in [-0.3, -0.25) is 9.20 Å². The molecule has 3 aromatic rings. The molecule has 1 aromatic carbocycles. The molecular weight excluding hydrogens is 459 g/mol. The summed E-state index contributed by atoms with van der Waals surface area (Å²) in [6.45, 7) is 2.20. The number of nitriles is 1. The quantitative estimate of drug-likeness (QED) is 0.424. The van der Waals surface area contributed by atoms with E-state index in [1.807, 2.05) is 41.8 Å². The Morgan fingerprint density at radius 3 is 2.74 bits per heavy atom. The second-order valence-corrected chi connectivity index (χ2v) is 8.79. The van der Waals surface area contributed by atoms with Gasteiger partial charge in [-0.1, -0.05) is 0 Å². The SMILES string of the molecule is COc1cc(-c2cnc3cc(N4CC(CC#N)C4)ccn23)cc(CCN(C=O)CC(F)(F)F)c1C. The molecule has 1 aliphatic rings. The molecule has 1 saturated heterocycles. The van der Waals surface area contributed by atoms with Crippen LogP contribution in [0.1, 0.15) is 17.5 Å². The Balaban J connectivity index is 1.59. The Hall–Kier alpha value is -3.74. The molecule has 0 saturated carbocycles. The third-order valence-corrected chi connectivity index (χ3v) is 6.38. The van der Waals surface area contributed by atoms with Crippen LogP contribution in [-0.2, 0) is 11.2 Å². The maximum Gasteiger partial charge on any atom is 0.406 e. The molecule has 0 N–H and O–H groups in total. The van der Waals surface area contributed by atoms with Crippen molar-refractivity contribution in [2.45, 2.75) is 25.9 Å². The lowest BCUT2D eigenvalue weighted by Gasteiger charge is -2.40. The number of hydrogen-bond acceptors (Lipinski definition) is 5. The van der Waals surface area contributed by atoms with Crippen molar-refractivity contribution in [2.75, 3.05) is 38.2 Å². The van der Waals surface area contributed by atoms with E-state index in [1.165, 1.54) is 0 Å². The minimum absolute atomic E-state index is 0.0599. The Labute approximate surface area is 201 Å². The van der Waals surface area contributed by atoms with Gasteiger partial charge in [0.2, 0.25) is 6.41 Å². The standard InChI is InChI=1S/C25H26F3N5O2/c1-17-19(4-7-31(16-34)15-25(26,27)28)9-20(10-23(17)35-2)22-12-30-24-11-21(5-8-33(22)24)32-13-18(14-32)3-6-29/h5,8-12,16,18H,3-4,7,13-15H2,1-2H3. The molecule has 1 amide bonds. The zero-order valence-electron chi connectivity index (χ0n) is 19.5. The molecule has 0 atom stereocenters. The number of methoxy groups -OCH3 is 1. The van der Waals surface area contributed by atoms with Crippen molar-refractivity contribution in [3.8, 4) is 23.1 Å². The number of halogens is 3. The molecule has 4 rings (SSSR count). The van der Waals surface area contributed by atoms with E-state index >= 15 is 0 Å². The highest BCUT2D eigenvalue weighted by atomic mass is 19.4. The second kappa shape index (κ2) is 9.86. The topological polar surface area (TPSA) is 73.9 Å². The highest BCUT2D eigenvalue weighted by Crippen LogP contribution is 2.33. The van der Waals surface area contributed by atoms with Crippen LogP contribution in [0.4, 0.5) is 18.9 Å². The van der Waals surface area contributed by atoms with E-state index in [4.69, 9.17) is 10.00 Å². The first-order valence-electron chi connectivity index (χ1n) is 11.3. The number of hydrogen-bond donors (Lipinski definition) is 0. The summed E-state index contributed by atoms with van der Waals surface area (Å²) >= 11 is 0. The smallest absolute Gasteiger partial charge is 0.406 e. The molecule has 184 valence electrons. The number of anilines is 1. The zero-order valence-corrected chi connectivity index (χ0v) is 19.5. The first-order valence-corrected chi connectivity index (χ1v) is 11.3. The summed E-state index contributed by atoms with van der Waals surface area (Å²) in [4.78, 5) is 18.6. The molecule has 0 aliphatic carbocycles. The fraction of sp³-hybridized carbons (Fsp3) is 0.400. The average molecular weight is 486 g/mol. The number of amides is 1. The highest BCUT2D eigenvalue weighted by molar-refractivity contribution is 5.69. The third kappa shape index (κ3) is 5.34. The van der Waals surface area contributed by atoms with Gasteiger partial charge in [0.25, 0.3) is 0 Å². The number of benzene rings is 1. The lowest BCUT2D eigenvalue weighted by atomic mass is 9.96. The van der Waals surface area contributed by atoms with Crippen LogP contribution >= 0.6 is 0 Å². The molecule has 7 nitrogen and oxygen atoms in total. The minimum Gasteiger partial charge on any atom is -0.496 e. The van der Waals surface area contributed by atoms with Crippen LogP contribution in [0.15, 0.2) is 36.7 Å². The van der Waals surface area contributed by atoms with Crippen molar-refractivity contribution in [1.29, 1.82) is 5.26 Å². The molecule has 10 heteroatoms. The lowest BCUT2D eigenvalue weighted by Crippen LogP contribution is -2.46. The van der Waals surface area contributed by atoms with Gasteiger partial charge in [0.05, 0.1) is 25.1 Å². The molecule has 0 spiro atoms. The number of imidazole rings is 1. The van der Waals surface area contributed by atoms with Crippen LogP contribution in [0.25, 0.3) is 16.9 Å². The molecular formula is C25H26F3N5O2. The summed E-state index contributed by atoms with van der Waals surface area (Å²) in [5.41, 5.74) is 5.05. The molecule has 1 fully saturated rings. The normalized spacial score (nSPS) is 14.0. The van der Waals surface area contributed by atoms with E-state index in [1.54, 1.807) is 13.3 Å². The van der Waals surface area contributed by atoms with Crippen LogP contribution < -0.4 is 9.64 Å². The Kier molecular flexibility index (Phi) is 6.87. The van der Waals surface area contributed by atoms with Crippen LogP contribution in [0, 0.1) is 24.2 Å². The van der Waals surface area contributed by atoms with Gasteiger partial charge in [-0.25, -0.2) is 4.98 Å². The van der Waals surface area contributed by atoms with Crippen LogP contribution in [0.2, 0.25) is 0 Å². The summed E-state index contributed by atoms with van der Waals surface area (Å²) < 4.78 is 45.7. The van der Waals surface area contributed by atoms with E-state index < -0.39 is 12.7 Å². The number of aromatic nitrogens is 2. The fourth-order valence-electron chi connectivity index (χ4n) is 4.45. The van der Waals surface area contributed by atoms with Gasteiger partial charge in [0.1, 0.15) is 17.9 Å². The first-order chi connectivity index (χ1) is 16.7. The molecule has 3 heterocycles. The number of pyridine rings is 1. The summed E-state index contributed by atoms with van der Waals surface area (Å²) in [5.74, 6) is 1.01. The van der Waals surface area contributed by atoms with Crippen molar-refractivity contribution in [3.63, 3.8) is 0 Å². The number of carbonyl (C=O) groups excluding carboxylic acids is 1. The molecule has 1 aliphatic heterocycles. The van der Waals surface area contributed by atoms with Crippen molar-refractivity contribution in [2.24, 2.45) is 5.92 Å². The maximum absolute atomic E-state index is 12.7. The van der Waals surface area contributed by atoms with Gasteiger partial charge in [-0.15, -0.1) is 0 Å². The number of ether oxygens (including phenoxy) is 1. The molecule has 2 aromatic heterocycles. The summed E-state index contributed by atoms with van der Waals surface area (Å²) in [6, 6.07) is 10.0. The molecule has 35 heavy (non-hydrogen) atoms. The Morgan fingerprint density at radius 2 is 2.09 bits per heavy atom. The molecule has 0 radical (unpaired) electrons. The van der Waals surface area contributed by atoms with Gasteiger partial charge in [0, 0.05) is 55.5 Å². The number of fused-ring (bicyclic) bond motifs is 1. The van der Waals surface area contributed by atoms with Gasteiger partial charge >= 0.3 is 6.18 Å². The summed E-state index contributed by atoms with van der Waals surface area (Å²) in [7, 11) is 1.55. The number of alkyl halides is 3. The number of carbonyl (C=O) groups is 1. The third-order valence-electron chi connectivity index (χ3n) is 6.38. The van der Waals surface area contributed by atoms with Gasteiger partial charge in [-0.2, -0.15) is 18.4 Å². The zero-order chi connectivity index (χ0) is 25.2.